The largest absolute Gasteiger partial charge is 0.493 e. The minimum absolute atomic E-state index is 0.0607. The zero-order valence-electron chi connectivity index (χ0n) is 16.9. The number of hydrogen-bond donors (Lipinski definition) is 1. The maximum Gasteiger partial charge on any atom is 0.245 e. The van der Waals surface area contributed by atoms with Gasteiger partial charge in [-0.05, 0) is 59.3 Å². The van der Waals surface area contributed by atoms with Crippen LogP contribution in [-0.2, 0) is 20.9 Å². The normalized spacial score (nSPS) is 15.3. The van der Waals surface area contributed by atoms with Crippen molar-refractivity contribution in [3.8, 4) is 11.5 Å². The third kappa shape index (κ3) is 6.69. The Morgan fingerprint density at radius 3 is 2.71 bits per heavy atom. The molecular formula is C21H21Cl2IN2O5. The zero-order valence-corrected chi connectivity index (χ0v) is 20.6. The maximum atomic E-state index is 12.1. The SMILES string of the molecule is COc1cc(/C=N\NC(=O)CC2(C)OCCO2)cc(I)c1OCc1ccc(Cl)cc1Cl. The number of hydrazone groups is 1. The topological polar surface area (TPSA) is 78.4 Å². The van der Waals surface area contributed by atoms with E-state index in [0.717, 1.165) is 14.7 Å². The summed E-state index contributed by atoms with van der Waals surface area (Å²) in [6.07, 6.45) is 1.59. The fourth-order valence-electron chi connectivity index (χ4n) is 2.91. The van der Waals surface area contributed by atoms with Crippen molar-refractivity contribution in [2.45, 2.75) is 25.7 Å². The zero-order chi connectivity index (χ0) is 22.4. The summed E-state index contributed by atoms with van der Waals surface area (Å²) in [5.74, 6) is -0.0876. The Hall–Kier alpha value is -1.59. The molecule has 0 aliphatic carbocycles. The van der Waals surface area contributed by atoms with E-state index >= 15 is 0 Å². The van der Waals surface area contributed by atoms with Crippen LogP contribution in [-0.4, -0.2) is 38.2 Å². The fraction of sp³-hybridized carbons (Fsp3) is 0.333. The molecule has 2 aromatic rings. The molecular weight excluding hydrogens is 558 g/mol. The van der Waals surface area contributed by atoms with Gasteiger partial charge in [0.05, 0.1) is 36.5 Å². The first-order valence-corrected chi connectivity index (χ1v) is 11.2. The summed E-state index contributed by atoms with van der Waals surface area (Å²) in [6, 6.07) is 8.87. The highest BCUT2D eigenvalue weighted by atomic mass is 127. The number of carbonyl (C=O) groups excluding carboxylic acids is 1. The molecule has 2 aromatic carbocycles. The van der Waals surface area contributed by atoms with Crippen LogP contribution in [0.25, 0.3) is 0 Å². The summed E-state index contributed by atoms with van der Waals surface area (Å²) >= 11 is 14.3. The third-order valence-electron chi connectivity index (χ3n) is 4.42. The van der Waals surface area contributed by atoms with E-state index in [1.165, 1.54) is 6.21 Å². The fourth-order valence-corrected chi connectivity index (χ4v) is 4.16. The van der Waals surface area contributed by atoms with E-state index in [1.807, 2.05) is 12.1 Å². The summed E-state index contributed by atoms with van der Waals surface area (Å²) in [4.78, 5) is 12.1. The molecule has 1 aliphatic rings. The van der Waals surface area contributed by atoms with Crippen molar-refractivity contribution in [2.24, 2.45) is 5.10 Å². The number of nitrogens with zero attached hydrogens (tertiary/aromatic N) is 1. The summed E-state index contributed by atoms with van der Waals surface area (Å²) < 4.78 is 23.1. The molecule has 0 radical (unpaired) electrons. The number of ether oxygens (including phenoxy) is 4. The quantitative estimate of drug-likeness (QED) is 0.277. The van der Waals surface area contributed by atoms with Gasteiger partial charge in [-0.2, -0.15) is 5.10 Å². The number of amides is 1. The average Bonchev–Trinajstić information content (AvgIpc) is 3.13. The van der Waals surface area contributed by atoms with Gasteiger partial charge in [0, 0.05) is 15.6 Å². The van der Waals surface area contributed by atoms with Crippen LogP contribution in [0.3, 0.4) is 0 Å². The molecule has 31 heavy (non-hydrogen) atoms. The highest BCUT2D eigenvalue weighted by molar-refractivity contribution is 14.1. The molecule has 0 spiro atoms. The molecule has 1 aliphatic heterocycles. The maximum absolute atomic E-state index is 12.1. The van der Waals surface area contributed by atoms with E-state index in [2.05, 4.69) is 33.1 Å². The predicted molar refractivity (Wildman–Crippen MR) is 127 cm³/mol. The Balaban J connectivity index is 1.64. The lowest BCUT2D eigenvalue weighted by atomic mass is 10.2. The van der Waals surface area contributed by atoms with Crippen molar-refractivity contribution in [3.63, 3.8) is 0 Å². The van der Waals surface area contributed by atoms with Gasteiger partial charge in [-0.3, -0.25) is 4.79 Å². The van der Waals surface area contributed by atoms with E-state index in [4.69, 9.17) is 42.1 Å². The molecule has 1 N–H and O–H groups in total. The molecule has 1 amide bonds. The first-order valence-electron chi connectivity index (χ1n) is 9.34. The number of carbonyl (C=O) groups is 1. The lowest BCUT2D eigenvalue weighted by Crippen LogP contribution is -2.33. The van der Waals surface area contributed by atoms with E-state index < -0.39 is 5.79 Å². The number of hydrogen-bond acceptors (Lipinski definition) is 6. The van der Waals surface area contributed by atoms with E-state index in [9.17, 15) is 4.79 Å². The second-order valence-corrected chi connectivity index (χ2v) is 8.87. The Morgan fingerprint density at radius 1 is 1.29 bits per heavy atom. The summed E-state index contributed by atoms with van der Waals surface area (Å²) in [5.41, 5.74) is 4.02. The molecule has 0 bridgehead atoms. The molecule has 1 heterocycles. The van der Waals surface area contributed by atoms with Crippen LogP contribution < -0.4 is 14.9 Å². The molecule has 166 valence electrons. The number of methoxy groups -OCH3 is 1. The van der Waals surface area contributed by atoms with Gasteiger partial charge in [0.2, 0.25) is 5.91 Å². The molecule has 0 atom stereocenters. The second kappa shape index (κ2) is 10.8. The van der Waals surface area contributed by atoms with Crippen molar-refractivity contribution in [1.29, 1.82) is 0 Å². The summed E-state index contributed by atoms with van der Waals surface area (Å²) in [7, 11) is 1.55. The molecule has 0 saturated carbocycles. The van der Waals surface area contributed by atoms with Gasteiger partial charge in [0.25, 0.3) is 0 Å². The van der Waals surface area contributed by atoms with Gasteiger partial charge in [-0.1, -0.05) is 29.3 Å². The van der Waals surface area contributed by atoms with Crippen molar-refractivity contribution in [3.05, 3.63) is 55.1 Å². The monoisotopic (exact) mass is 578 g/mol. The van der Waals surface area contributed by atoms with E-state index in [-0.39, 0.29) is 18.9 Å². The summed E-state index contributed by atoms with van der Waals surface area (Å²) in [5, 5.41) is 5.10. The van der Waals surface area contributed by atoms with Crippen LogP contribution in [0.5, 0.6) is 11.5 Å². The highest BCUT2D eigenvalue weighted by Crippen LogP contribution is 2.35. The van der Waals surface area contributed by atoms with Crippen molar-refractivity contribution >= 4 is 57.9 Å². The van der Waals surface area contributed by atoms with Crippen LogP contribution in [0.1, 0.15) is 24.5 Å². The molecule has 10 heteroatoms. The second-order valence-electron chi connectivity index (χ2n) is 6.86. The Labute approximate surface area is 204 Å². The van der Waals surface area contributed by atoms with Gasteiger partial charge >= 0.3 is 0 Å². The van der Waals surface area contributed by atoms with E-state index in [0.29, 0.717) is 34.8 Å². The lowest BCUT2D eigenvalue weighted by molar-refractivity contribution is -0.159. The Bertz CT molecular complexity index is 980. The van der Waals surface area contributed by atoms with Crippen LogP contribution in [0.15, 0.2) is 35.4 Å². The first-order chi connectivity index (χ1) is 14.8. The molecule has 0 unspecified atom stereocenters. The number of nitrogens with one attached hydrogen (secondary N) is 1. The summed E-state index contributed by atoms with van der Waals surface area (Å²) in [6.45, 7) is 2.94. The molecule has 1 saturated heterocycles. The van der Waals surface area contributed by atoms with Crippen molar-refractivity contribution < 1.29 is 23.7 Å². The average molecular weight is 579 g/mol. The lowest BCUT2D eigenvalue weighted by Gasteiger charge is -2.20. The number of halogens is 3. The Morgan fingerprint density at radius 2 is 2.03 bits per heavy atom. The highest BCUT2D eigenvalue weighted by Gasteiger charge is 2.33. The van der Waals surface area contributed by atoms with Crippen LogP contribution >= 0.6 is 45.8 Å². The number of benzene rings is 2. The van der Waals surface area contributed by atoms with Gasteiger partial charge in [-0.25, -0.2) is 5.43 Å². The minimum Gasteiger partial charge on any atom is -0.493 e. The van der Waals surface area contributed by atoms with Crippen molar-refractivity contribution in [1.82, 2.24) is 5.43 Å². The minimum atomic E-state index is -0.899. The molecule has 1 fully saturated rings. The smallest absolute Gasteiger partial charge is 0.245 e. The van der Waals surface area contributed by atoms with Crippen LogP contribution in [0, 0.1) is 3.57 Å². The van der Waals surface area contributed by atoms with Crippen LogP contribution in [0.4, 0.5) is 0 Å². The van der Waals surface area contributed by atoms with Gasteiger partial charge < -0.3 is 18.9 Å². The van der Waals surface area contributed by atoms with Crippen LogP contribution in [0.2, 0.25) is 10.0 Å². The Kier molecular flexibility index (Phi) is 8.40. The number of rotatable bonds is 8. The predicted octanol–water partition coefficient (Wildman–Crippen LogP) is 4.79. The standard InChI is InChI=1S/C21H21Cl2IN2O5/c1-21(30-5-6-31-21)10-19(27)26-25-11-13-7-17(24)20(18(8-13)28-2)29-12-14-3-4-15(22)9-16(14)23/h3-4,7-9,11H,5-6,10,12H2,1-2H3,(H,26,27)/b25-11-. The van der Waals surface area contributed by atoms with Gasteiger partial charge in [0.15, 0.2) is 17.3 Å². The third-order valence-corrected chi connectivity index (χ3v) is 5.81. The van der Waals surface area contributed by atoms with Crippen molar-refractivity contribution in [2.75, 3.05) is 20.3 Å². The van der Waals surface area contributed by atoms with Gasteiger partial charge in [0.1, 0.15) is 6.61 Å². The molecule has 3 rings (SSSR count). The van der Waals surface area contributed by atoms with E-state index in [1.54, 1.807) is 32.2 Å². The van der Waals surface area contributed by atoms with Gasteiger partial charge in [-0.15, -0.1) is 0 Å². The molecule has 0 aromatic heterocycles. The molecule has 7 nitrogen and oxygen atoms in total. The first kappa shape index (κ1) is 24.1.